The van der Waals surface area contributed by atoms with Crippen LogP contribution in [0.2, 0.25) is 0 Å². The lowest BCUT2D eigenvalue weighted by Crippen LogP contribution is -2.27. The quantitative estimate of drug-likeness (QED) is 0.643. The van der Waals surface area contributed by atoms with E-state index in [-0.39, 0.29) is 5.82 Å². The van der Waals surface area contributed by atoms with E-state index in [1.807, 2.05) is 0 Å². The molecule has 0 spiro atoms. The zero-order valence-corrected chi connectivity index (χ0v) is 14.6. The van der Waals surface area contributed by atoms with Gasteiger partial charge in [-0.05, 0) is 18.6 Å². The zero-order valence-electron chi connectivity index (χ0n) is 14.6. The summed E-state index contributed by atoms with van der Waals surface area (Å²) in [5.74, 6) is 0.236. The van der Waals surface area contributed by atoms with Crippen LogP contribution in [0.3, 0.4) is 0 Å². The van der Waals surface area contributed by atoms with Crippen molar-refractivity contribution in [3.05, 3.63) is 58.7 Å². The number of aryl methyl sites for hydroxylation is 1. The molecule has 0 bridgehead atoms. The highest BCUT2D eigenvalue weighted by Gasteiger charge is 2.15. The molecule has 28 heavy (non-hydrogen) atoms. The molecule has 0 aliphatic carbocycles. The van der Waals surface area contributed by atoms with Crippen molar-refractivity contribution in [3.63, 3.8) is 0 Å². The van der Waals surface area contributed by atoms with E-state index in [4.69, 9.17) is 5.73 Å². The second-order valence-corrected chi connectivity index (χ2v) is 5.86. The Hall–Kier alpha value is -3.28. The monoisotopic (exact) mass is 397 g/mol. The summed E-state index contributed by atoms with van der Waals surface area (Å²) < 4.78 is 53.3. The van der Waals surface area contributed by atoms with Gasteiger partial charge in [0.15, 0.2) is 0 Å². The molecular formula is C16H15F4N7O. The van der Waals surface area contributed by atoms with E-state index in [0.717, 1.165) is 15.6 Å². The van der Waals surface area contributed by atoms with Gasteiger partial charge >= 0.3 is 12.2 Å². The standard InChI is InChI=1S/C16H15F4N7O/c1-9-2-10(12-5-23-26(7-12)15(19)20)4-22-14(9)25-8-24-27(16(25)28)6-11(3-21)13(17)18/h2,4-5,7-8,15H,3,6,21H2,1H3. The van der Waals surface area contributed by atoms with Gasteiger partial charge in [0.25, 0.3) is 6.08 Å². The Balaban J connectivity index is 1.93. The second-order valence-electron chi connectivity index (χ2n) is 5.86. The Kier molecular flexibility index (Phi) is 5.40. The van der Waals surface area contributed by atoms with Crippen molar-refractivity contribution >= 4 is 0 Å². The molecule has 0 fully saturated rings. The van der Waals surface area contributed by atoms with Gasteiger partial charge in [0.1, 0.15) is 12.1 Å². The van der Waals surface area contributed by atoms with Gasteiger partial charge in [-0.3, -0.25) is 0 Å². The Labute approximate surface area is 155 Å². The molecule has 0 atom stereocenters. The van der Waals surface area contributed by atoms with Crippen LogP contribution in [-0.4, -0.2) is 35.7 Å². The zero-order chi connectivity index (χ0) is 20.4. The van der Waals surface area contributed by atoms with Crippen molar-refractivity contribution in [2.45, 2.75) is 20.0 Å². The first-order valence-electron chi connectivity index (χ1n) is 7.99. The summed E-state index contributed by atoms with van der Waals surface area (Å²) in [7, 11) is 0. The van der Waals surface area contributed by atoms with Crippen molar-refractivity contribution < 1.29 is 17.6 Å². The van der Waals surface area contributed by atoms with Gasteiger partial charge in [-0.15, -0.1) is 0 Å². The normalized spacial score (nSPS) is 11.2. The van der Waals surface area contributed by atoms with Gasteiger partial charge in [-0.2, -0.15) is 27.8 Å². The first-order valence-corrected chi connectivity index (χ1v) is 7.99. The molecule has 0 aliphatic heterocycles. The minimum Gasteiger partial charge on any atom is -0.327 e. The summed E-state index contributed by atoms with van der Waals surface area (Å²) in [5.41, 5.74) is 5.70. The molecule has 3 aromatic heterocycles. The molecule has 0 saturated heterocycles. The Bertz CT molecular complexity index is 1080. The van der Waals surface area contributed by atoms with Crippen molar-refractivity contribution in [1.29, 1.82) is 0 Å². The molecule has 12 heteroatoms. The van der Waals surface area contributed by atoms with Crippen LogP contribution in [0.4, 0.5) is 17.6 Å². The molecular weight excluding hydrogens is 382 g/mol. The average Bonchev–Trinajstić information content (AvgIpc) is 3.27. The fourth-order valence-corrected chi connectivity index (χ4v) is 2.54. The van der Waals surface area contributed by atoms with E-state index in [1.165, 1.54) is 18.6 Å². The Morgan fingerprint density at radius 2 is 1.96 bits per heavy atom. The number of alkyl halides is 2. The van der Waals surface area contributed by atoms with Gasteiger partial charge in [0.05, 0.1) is 12.7 Å². The lowest BCUT2D eigenvalue weighted by Gasteiger charge is -2.06. The number of hydrogen-bond acceptors (Lipinski definition) is 5. The topological polar surface area (TPSA) is 96.6 Å². The van der Waals surface area contributed by atoms with Crippen molar-refractivity contribution in [2.75, 3.05) is 6.54 Å². The van der Waals surface area contributed by atoms with Crippen LogP contribution in [0, 0.1) is 6.92 Å². The van der Waals surface area contributed by atoms with Crippen LogP contribution in [0.5, 0.6) is 0 Å². The largest absolute Gasteiger partial charge is 0.351 e. The van der Waals surface area contributed by atoms with Crippen LogP contribution in [0.25, 0.3) is 16.9 Å². The molecule has 0 saturated carbocycles. The second kappa shape index (κ2) is 7.76. The summed E-state index contributed by atoms with van der Waals surface area (Å²) in [6.07, 6.45) is 3.06. The predicted octanol–water partition coefficient (Wildman–Crippen LogP) is 2.11. The van der Waals surface area contributed by atoms with E-state index >= 15 is 0 Å². The molecule has 3 rings (SSSR count). The maximum Gasteiger partial charge on any atom is 0.351 e. The molecule has 148 valence electrons. The number of halogens is 4. The van der Waals surface area contributed by atoms with Crippen LogP contribution in [0.15, 0.2) is 47.4 Å². The molecule has 0 radical (unpaired) electrons. The van der Waals surface area contributed by atoms with Crippen molar-refractivity contribution in [1.82, 2.24) is 29.1 Å². The number of hydrogen-bond donors (Lipinski definition) is 1. The minimum atomic E-state index is -2.76. The highest BCUT2D eigenvalue weighted by molar-refractivity contribution is 5.62. The van der Waals surface area contributed by atoms with E-state index in [1.54, 1.807) is 13.0 Å². The van der Waals surface area contributed by atoms with E-state index in [2.05, 4.69) is 15.2 Å². The van der Waals surface area contributed by atoms with Gasteiger partial charge < -0.3 is 5.73 Å². The fraction of sp³-hybridized carbons (Fsp3) is 0.250. The summed E-state index contributed by atoms with van der Waals surface area (Å²) in [4.78, 5) is 16.6. The van der Waals surface area contributed by atoms with Crippen LogP contribution in [-0.2, 0) is 6.54 Å². The summed E-state index contributed by atoms with van der Waals surface area (Å²) >= 11 is 0. The molecule has 3 aromatic rings. The number of nitrogens with two attached hydrogens (primary N) is 1. The number of pyridine rings is 1. The van der Waals surface area contributed by atoms with E-state index < -0.39 is 37.0 Å². The Morgan fingerprint density at radius 3 is 2.54 bits per heavy atom. The highest BCUT2D eigenvalue weighted by Crippen LogP contribution is 2.23. The highest BCUT2D eigenvalue weighted by atomic mass is 19.3. The fourth-order valence-electron chi connectivity index (χ4n) is 2.54. The van der Waals surface area contributed by atoms with Crippen LogP contribution >= 0.6 is 0 Å². The lowest BCUT2D eigenvalue weighted by molar-refractivity contribution is 0.0566. The maximum absolute atomic E-state index is 12.8. The minimum absolute atomic E-state index is 0.236. The third kappa shape index (κ3) is 3.71. The summed E-state index contributed by atoms with van der Waals surface area (Å²) in [5, 5.41) is 7.38. The SMILES string of the molecule is Cc1cc(-c2cnn(C(F)F)c2)cnc1-n1cnn(CC(CN)=C(F)F)c1=O. The van der Waals surface area contributed by atoms with Crippen LogP contribution < -0.4 is 11.4 Å². The number of rotatable bonds is 6. The van der Waals surface area contributed by atoms with Gasteiger partial charge in [0.2, 0.25) is 0 Å². The summed E-state index contributed by atoms with van der Waals surface area (Å²) in [6.45, 7) is -1.93. The Morgan fingerprint density at radius 1 is 1.21 bits per heavy atom. The molecule has 0 amide bonds. The summed E-state index contributed by atoms with van der Waals surface area (Å²) in [6, 6.07) is 1.64. The third-order valence-electron chi connectivity index (χ3n) is 4.00. The molecule has 3 heterocycles. The van der Waals surface area contributed by atoms with Crippen LogP contribution in [0.1, 0.15) is 12.1 Å². The average molecular weight is 397 g/mol. The smallest absolute Gasteiger partial charge is 0.327 e. The third-order valence-corrected chi connectivity index (χ3v) is 4.00. The number of nitrogens with zero attached hydrogens (tertiary/aromatic N) is 6. The molecule has 0 unspecified atom stereocenters. The van der Waals surface area contributed by atoms with Crippen molar-refractivity contribution in [3.8, 4) is 16.9 Å². The van der Waals surface area contributed by atoms with Gasteiger partial charge in [-0.1, -0.05) is 0 Å². The van der Waals surface area contributed by atoms with E-state index in [9.17, 15) is 22.4 Å². The number of aromatic nitrogens is 6. The van der Waals surface area contributed by atoms with Gasteiger partial charge in [-0.25, -0.2) is 23.7 Å². The molecule has 0 aliphatic rings. The molecule has 8 nitrogen and oxygen atoms in total. The predicted molar refractivity (Wildman–Crippen MR) is 91.1 cm³/mol. The lowest BCUT2D eigenvalue weighted by atomic mass is 10.1. The van der Waals surface area contributed by atoms with Crippen molar-refractivity contribution in [2.24, 2.45) is 5.73 Å². The van der Waals surface area contributed by atoms with Gasteiger partial charge in [0, 0.05) is 35.6 Å². The molecule has 0 aromatic carbocycles. The first kappa shape index (κ1) is 19.5. The van der Waals surface area contributed by atoms with E-state index in [0.29, 0.717) is 21.4 Å². The maximum atomic E-state index is 12.8. The molecule has 2 N–H and O–H groups in total. The first-order chi connectivity index (χ1) is 13.3.